The second-order valence-corrected chi connectivity index (χ2v) is 8.38. The van der Waals surface area contributed by atoms with Gasteiger partial charge in [0.1, 0.15) is 5.75 Å². The average Bonchev–Trinajstić information content (AvgIpc) is 3.04. The van der Waals surface area contributed by atoms with Crippen LogP contribution in [0.25, 0.3) is 0 Å². The lowest BCUT2D eigenvalue weighted by Crippen LogP contribution is -2.43. The van der Waals surface area contributed by atoms with E-state index >= 15 is 0 Å². The average molecular weight is 323 g/mol. The SMILES string of the molecule is CC(Oc1ccc2c(c1)CCC2)C(=O)NC1CCS(=O)(=O)C1. The first-order valence-electron chi connectivity index (χ1n) is 7.72. The van der Waals surface area contributed by atoms with Crippen molar-refractivity contribution >= 4 is 15.7 Å². The highest BCUT2D eigenvalue weighted by atomic mass is 32.2. The van der Waals surface area contributed by atoms with E-state index in [4.69, 9.17) is 4.74 Å². The number of carbonyl (C=O) groups excluding carboxylic acids is 1. The topological polar surface area (TPSA) is 72.5 Å². The third-order valence-corrected chi connectivity index (χ3v) is 6.10. The first-order chi connectivity index (χ1) is 10.4. The van der Waals surface area contributed by atoms with E-state index in [0.29, 0.717) is 12.2 Å². The molecule has 0 aromatic heterocycles. The van der Waals surface area contributed by atoms with Crippen LogP contribution in [0.2, 0.25) is 0 Å². The fourth-order valence-electron chi connectivity index (χ4n) is 3.11. The quantitative estimate of drug-likeness (QED) is 0.905. The van der Waals surface area contributed by atoms with Crippen LogP contribution in [0.1, 0.15) is 30.9 Å². The highest BCUT2D eigenvalue weighted by Gasteiger charge is 2.30. The van der Waals surface area contributed by atoms with Gasteiger partial charge in [-0.3, -0.25) is 4.79 Å². The molecule has 1 fully saturated rings. The first-order valence-corrected chi connectivity index (χ1v) is 9.54. The van der Waals surface area contributed by atoms with Gasteiger partial charge in [0, 0.05) is 6.04 Å². The second-order valence-electron chi connectivity index (χ2n) is 6.15. The number of fused-ring (bicyclic) bond motifs is 1. The molecule has 1 aliphatic carbocycles. The molecule has 2 unspecified atom stereocenters. The Kier molecular flexibility index (Phi) is 4.12. The van der Waals surface area contributed by atoms with Gasteiger partial charge < -0.3 is 10.1 Å². The molecule has 0 bridgehead atoms. The molecule has 1 aromatic rings. The molecule has 1 amide bonds. The van der Waals surface area contributed by atoms with Crippen molar-refractivity contribution in [2.24, 2.45) is 0 Å². The molecule has 1 aromatic carbocycles. The van der Waals surface area contributed by atoms with Crippen LogP contribution >= 0.6 is 0 Å². The Labute approximate surface area is 131 Å². The van der Waals surface area contributed by atoms with Crippen molar-refractivity contribution in [2.45, 2.75) is 44.8 Å². The van der Waals surface area contributed by atoms with Gasteiger partial charge in [-0.15, -0.1) is 0 Å². The summed E-state index contributed by atoms with van der Waals surface area (Å²) in [5, 5.41) is 2.76. The minimum absolute atomic E-state index is 0.0320. The molecule has 22 heavy (non-hydrogen) atoms. The van der Waals surface area contributed by atoms with Crippen LogP contribution in [-0.4, -0.2) is 38.0 Å². The van der Waals surface area contributed by atoms with Crippen LogP contribution in [0.15, 0.2) is 18.2 Å². The number of rotatable bonds is 4. The summed E-state index contributed by atoms with van der Waals surface area (Å²) in [6.07, 6.45) is 3.20. The fraction of sp³-hybridized carbons (Fsp3) is 0.562. The van der Waals surface area contributed by atoms with Gasteiger partial charge in [-0.25, -0.2) is 8.42 Å². The zero-order valence-corrected chi connectivity index (χ0v) is 13.5. The van der Waals surface area contributed by atoms with E-state index in [1.807, 2.05) is 12.1 Å². The van der Waals surface area contributed by atoms with Crippen LogP contribution in [-0.2, 0) is 27.5 Å². The van der Waals surface area contributed by atoms with Crippen LogP contribution < -0.4 is 10.1 Å². The van der Waals surface area contributed by atoms with Crippen molar-refractivity contribution in [3.8, 4) is 5.75 Å². The van der Waals surface area contributed by atoms with Gasteiger partial charge in [0.05, 0.1) is 11.5 Å². The number of hydrogen-bond donors (Lipinski definition) is 1. The fourth-order valence-corrected chi connectivity index (χ4v) is 4.78. The van der Waals surface area contributed by atoms with Gasteiger partial charge in [-0.05, 0) is 55.9 Å². The number of amides is 1. The van der Waals surface area contributed by atoms with Crippen molar-refractivity contribution in [3.05, 3.63) is 29.3 Å². The Hall–Kier alpha value is -1.56. The number of carbonyl (C=O) groups is 1. The van der Waals surface area contributed by atoms with E-state index in [2.05, 4.69) is 11.4 Å². The van der Waals surface area contributed by atoms with Gasteiger partial charge in [0.25, 0.3) is 5.91 Å². The van der Waals surface area contributed by atoms with Crippen LogP contribution in [0, 0.1) is 0 Å². The molecule has 0 radical (unpaired) electrons. The van der Waals surface area contributed by atoms with Crippen LogP contribution in [0.5, 0.6) is 5.75 Å². The highest BCUT2D eigenvalue weighted by molar-refractivity contribution is 7.91. The van der Waals surface area contributed by atoms with E-state index in [-0.39, 0.29) is 23.5 Å². The van der Waals surface area contributed by atoms with Gasteiger partial charge in [0.2, 0.25) is 0 Å². The van der Waals surface area contributed by atoms with Gasteiger partial charge in [0.15, 0.2) is 15.9 Å². The Balaban J connectivity index is 1.57. The zero-order chi connectivity index (χ0) is 15.7. The molecule has 2 atom stereocenters. The summed E-state index contributed by atoms with van der Waals surface area (Å²) >= 11 is 0. The molecule has 2 aliphatic rings. The molecule has 0 saturated carbocycles. The number of sulfone groups is 1. The summed E-state index contributed by atoms with van der Waals surface area (Å²) in [4.78, 5) is 12.1. The van der Waals surface area contributed by atoms with Crippen molar-refractivity contribution < 1.29 is 17.9 Å². The minimum atomic E-state index is -2.99. The lowest BCUT2D eigenvalue weighted by Gasteiger charge is -2.18. The molecule has 1 heterocycles. The Morgan fingerprint density at radius 3 is 2.82 bits per heavy atom. The monoisotopic (exact) mass is 323 g/mol. The number of aryl methyl sites for hydroxylation is 2. The number of nitrogens with one attached hydrogen (secondary N) is 1. The summed E-state index contributed by atoms with van der Waals surface area (Å²) in [5.41, 5.74) is 2.66. The minimum Gasteiger partial charge on any atom is -0.481 e. The van der Waals surface area contributed by atoms with Crippen molar-refractivity contribution in [1.29, 1.82) is 0 Å². The molecular weight excluding hydrogens is 302 g/mol. The Morgan fingerprint density at radius 2 is 2.09 bits per heavy atom. The standard InChI is InChI=1S/C16H21NO4S/c1-11(16(18)17-14-7-8-22(19,20)10-14)21-15-6-5-12-3-2-4-13(12)9-15/h5-6,9,11,14H,2-4,7-8,10H2,1H3,(H,17,18). The number of benzene rings is 1. The molecule has 0 spiro atoms. The maximum Gasteiger partial charge on any atom is 0.261 e. The number of hydrogen-bond acceptors (Lipinski definition) is 4. The molecule has 1 aliphatic heterocycles. The maximum absolute atomic E-state index is 12.1. The molecular formula is C16H21NO4S. The maximum atomic E-state index is 12.1. The lowest BCUT2D eigenvalue weighted by molar-refractivity contribution is -0.127. The predicted octanol–water partition coefficient (Wildman–Crippen LogP) is 1.25. The Bertz CT molecular complexity index is 683. The molecule has 1 saturated heterocycles. The molecule has 3 rings (SSSR count). The predicted molar refractivity (Wildman–Crippen MR) is 83.8 cm³/mol. The summed E-state index contributed by atoms with van der Waals surface area (Å²) in [6.45, 7) is 1.69. The van der Waals surface area contributed by atoms with Gasteiger partial charge >= 0.3 is 0 Å². The summed E-state index contributed by atoms with van der Waals surface area (Å²) in [5.74, 6) is 0.618. The van der Waals surface area contributed by atoms with Gasteiger partial charge in [-0.1, -0.05) is 6.07 Å². The summed E-state index contributed by atoms with van der Waals surface area (Å²) < 4.78 is 28.5. The second kappa shape index (κ2) is 5.91. The third kappa shape index (κ3) is 3.43. The van der Waals surface area contributed by atoms with Crippen molar-refractivity contribution in [1.82, 2.24) is 5.32 Å². The third-order valence-electron chi connectivity index (χ3n) is 4.33. The Morgan fingerprint density at radius 1 is 1.32 bits per heavy atom. The highest BCUT2D eigenvalue weighted by Crippen LogP contribution is 2.26. The number of ether oxygens (including phenoxy) is 1. The van der Waals surface area contributed by atoms with Crippen LogP contribution in [0.3, 0.4) is 0 Å². The van der Waals surface area contributed by atoms with Crippen molar-refractivity contribution in [3.63, 3.8) is 0 Å². The van der Waals surface area contributed by atoms with E-state index in [1.54, 1.807) is 6.92 Å². The summed E-state index contributed by atoms with van der Waals surface area (Å²) in [7, 11) is -2.99. The largest absolute Gasteiger partial charge is 0.481 e. The van der Waals surface area contributed by atoms with E-state index in [9.17, 15) is 13.2 Å². The smallest absolute Gasteiger partial charge is 0.261 e. The zero-order valence-electron chi connectivity index (χ0n) is 12.7. The van der Waals surface area contributed by atoms with Crippen LogP contribution in [0.4, 0.5) is 0 Å². The van der Waals surface area contributed by atoms with E-state index in [0.717, 1.165) is 12.8 Å². The molecule has 120 valence electrons. The van der Waals surface area contributed by atoms with Gasteiger partial charge in [-0.2, -0.15) is 0 Å². The molecule has 6 heteroatoms. The normalized spacial score (nSPS) is 23.8. The van der Waals surface area contributed by atoms with E-state index in [1.165, 1.54) is 17.5 Å². The molecule has 1 N–H and O–H groups in total. The molecule has 5 nitrogen and oxygen atoms in total. The first kappa shape index (κ1) is 15.3. The summed E-state index contributed by atoms with van der Waals surface area (Å²) in [6, 6.07) is 5.68. The van der Waals surface area contributed by atoms with E-state index < -0.39 is 15.9 Å². The lowest BCUT2D eigenvalue weighted by atomic mass is 10.1. The van der Waals surface area contributed by atoms with Crippen molar-refractivity contribution in [2.75, 3.05) is 11.5 Å².